The van der Waals surface area contributed by atoms with Crippen LogP contribution in [0.3, 0.4) is 0 Å². The third-order valence-corrected chi connectivity index (χ3v) is 5.44. The van der Waals surface area contributed by atoms with Gasteiger partial charge < -0.3 is 19.6 Å². The van der Waals surface area contributed by atoms with E-state index >= 15 is 0 Å². The third-order valence-electron chi connectivity index (χ3n) is 4.22. The van der Waals surface area contributed by atoms with E-state index in [2.05, 4.69) is 0 Å². The lowest BCUT2D eigenvalue weighted by atomic mass is 10.1. The van der Waals surface area contributed by atoms with Gasteiger partial charge in [0.2, 0.25) is 10.0 Å². The minimum Gasteiger partial charge on any atom is -0.480 e. The number of nitrogens with zero attached hydrogens (tertiary/aromatic N) is 3. The van der Waals surface area contributed by atoms with Crippen LogP contribution in [0.25, 0.3) is 0 Å². The summed E-state index contributed by atoms with van der Waals surface area (Å²) in [6.45, 7) is 0.0780. The van der Waals surface area contributed by atoms with Crippen molar-refractivity contribution in [2.45, 2.75) is 6.10 Å². The smallest absolute Gasteiger partial charge is 0.318 e. The minimum atomic E-state index is -3.70. The fraction of sp³-hybridized carbons (Fsp3) is 0.529. The Morgan fingerprint density at radius 3 is 2.63 bits per heavy atom. The summed E-state index contributed by atoms with van der Waals surface area (Å²) in [5.41, 5.74) is 1.43. The molecule has 9 nitrogen and oxygen atoms in total. The number of morpholine rings is 1. The van der Waals surface area contributed by atoms with Crippen LogP contribution in [0.4, 0.5) is 5.69 Å². The normalized spacial score (nSPS) is 17.8. The summed E-state index contributed by atoms with van der Waals surface area (Å²) in [4.78, 5) is 27.2. The van der Waals surface area contributed by atoms with E-state index in [0.29, 0.717) is 12.1 Å². The van der Waals surface area contributed by atoms with E-state index in [0.717, 1.165) is 16.2 Å². The number of anilines is 1. The van der Waals surface area contributed by atoms with E-state index < -0.39 is 28.6 Å². The average molecular weight is 399 g/mol. The Bertz CT molecular complexity index is 796. The number of amides is 1. The van der Waals surface area contributed by atoms with Crippen LogP contribution < -0.4 is 4.90 Å². The van der Waals surface area contributed by atoms with Gasteiger partial charge in [-0.05, 0) is 18.2 Å². The zero-order valence-electron chi connectivity index (χ0n) is 15.7. The summed E-state index contributed by atoms with van der Waals surface area (Å²) >= 11 is 0. The third kappa shape index (κ3) is 5.91. The van der Waals surface area contributed by atoms with Crippen molar-refractivity contribution < 1.29 is 27.9 Å². The molecule has 0 bridgehead atoms. The number of rotatable bonds is 7. The summed E-state index contributed by atoms with van der Waals surface area (Å²) in [5, 5.41) is 8.92. The van der Waals surface area contributed by atoms with Gasteiger partial charge in [0.25, 0.3) is 5.91 Å². The highest BCUT2D eigenvalue weighted by Crippen LogP contribution is 2.17. The van der Waals surface area contributed by atoms with Crippen LogP contribution in [0.5, 0.6) is 0 Å². The van der Waals surface area contributed by atoms with Gasteiger partial charge in [-0.3, -0.25) is 9.59 Å². The van der Waals surface area contributed by atoms with Gasteiger partial charge in [-0.25, -0.2) is 8.42 Å². The maximum Gasteiger partial charge on any atom is 0.318 e. The Morgan fingerprint density at radius 1 is 1.33 bits per heavy atom. The number of carboxylic acids is 1. The summed E-state index contributed by atoms with van der Waals surface area (Å²) in [6, 6.07) is 7.22. The summed E-state index contributed by atoms with van der Waals surface area (Å²) < 4.78 is 30.0. The van der Waals surface area contributed by atoms with E-state index in [9.17, 15) is 18.0 Å². The Kier molecular flexibility index (Phi) is 6.79. The van der Waals surface area contributed by atoms with Crippen LogP contribution in [0.15, 0.2) is 24.3 Å². The van der Waals surface area contributed by atoms with E-state index in [-0.39, 0.29) is 25.6 Å². The second-order valence-corrected chi connectivity index (χ2v) is 8.62. The van der Waals surface area contributed by atoms with Crippen molar-refractivity contribution in [2.75, 3.05) is 58.0 Å². The molecule has 1 aliphatic heterocycles. The summed E-state index contributed by atoms with van der Waals surface area (Å²) in [7, 11) is 0.0701. The quantitative estimate of drug-likeness (QED) is 0.684. The van der Waals surface area contributed by atoms with Crippen molar-refractivity contribution in [2.24, 2.45) is 0 Å². The average Bonchev–Trinajstić information content (AvgIpc) is 2.59. The molecule has 1 unspecified atom stereocenters. The Labute approximate surface area is 159 Å². The van der Waals surface area contributed by atoms with Crippen molar-refractivity contribution >= 4 is 27.6 Å². The minimum absolute atomic E-state index is 0.118. The molecular formula is C17H25N3O6S. The number of sulfonamides is 1. The molecule has 2 rings (SSSR count). The molecule has 0 radical (unpaired) electrons. The lowest BCUT2D eigenvalue weighted by Gasteiger charge is -2.35. The van der Waals surface area contributed by atoms with Crippen molar-refractivity contribution in [1.82, 2.24) is 9.21 Å². The molecule has 1 aromatic carbocycles. The molecule has 0 saturated carbocycles. The molecule has 1 aromatic rings. The standard InChI is InChI=1S/C17H25N3O6S/c1-18(2)14-6-4-5-13(9-14)17(23)19-7-8-26-15(10-19)11-20(12-16(21)22)27(3,24)25/h4-6,9,15H,7-8,10-12H2,1-3H3,(H,21,22). The van der Waals surface area contributed by atoms with E-state index in [1.807, 2.05) is 25.1 Å². The molecular weight excluding hydrogens is 374 g/mol. The predicted octanol–water partition coefficient (Wildman–Crippen LogP) is -0.0602. The highest BCUT2D eigenvalue weighted by molar-refractivity contribution is 7.88. The maximum atomic E-state index is 12.8. The second-order valence-electron chi connectivity index (χ2n) is 6.64. The Hall–Kier alpha value is -2.17. The maximum absolute atomic E-state index is 12.8. The topological polar surface area (TPSA) is 107 Å². The van der Waals surface area contributed by atoms with Gasteiger partial charge in [0.05, 0.1) is 19.0 Å². The molecule has 0 spiro atoms. The lowest BCUT2D eigenvalue weighted by molar-refractivity contribution is -0.137. The van der Waals surface area contributed by atoms with Crippen LogP contribution in [-0.4, -0.2) is 93.8 Å². The summed E-state index contributed by atoms with van der Waals surface area (Å²) in [6.07, 6.45) is 0.364. The molecule has 1 aliphatic rings. The molecule has 0 aliphatic carbocycles. The molecule has 150 valence electrons. The molecule has 27 heavy (non-hydrogen) atoms. The van der Waals surface area contributed by atoms with Crippen molar-refractivity contribution in [3.63, 3.8) is 0 Å². The number of aliphatic carboxylic acids is 1. The fourth-order valence-corrected chi connectivity index (χ4v) is 3.59. The molecule has 1 N–H and O–H groups in total. The molecule has 0 aromatic heterocycles. The first-order valence-corrected chi connectivity index (χ1v) is 10.3. The van der Waals surface area contributed by atoms with Crippen LogP contribution in [0.1, 0.15) is 10.4 Å². The molecule has 1 amide bonds. The first kappa shape index (κ1) is 21.1. The molecule has 1 heterocycles. The van der Waals surface area contributed by atoms with Gasteiger partial charge in [0.15, 0.2) is 0 Å². The van der Waals surface area contributed by atoms with Crippen LogP contribution in [-0.2, 0) is 19.6 Å². The number of hydrogen-bond donors (Lipinski definition) is 1. The highest BCUT2D eigenvalue weighted by Gasteiger charge is 2.30. The van der Waals surface area contributed by atoms with Gasteiger partial charge in [-0.15, -0.1) is 0 Å². The van der Waals surface area contributed by atoms with E-state index in [1.165, 1.54) is 0 Å². The number of benzene rings is 1. The number of ether oxygens (including phenoxy) is 1. The second kappa shape index (κ2) is 8.68. The van der Waals surface area contributed by atoms with Crippen LogP contribution in [0.2, 0.25) is 0 Å². The van der Waals surface area contributed by atoms with Crippen LogP contribution >= 0.6 is 0 Å². The molecule has 1 fully saturated rings. The summed E-state index contributed by atoms with van der Waals surface area (Å²) in [5.74, 6) is -1.42. The zero-order chi connectivity index (χ0) is 20.2. The monoisotopic (exact) mass is 399 g/mol. The van der Waals surface area contributed by atoms with Gasteiger partial charge in [0.1, 0.15) is 6.54 Å². The predicted molar refractivity (Wildman–Crippen MR) is 100 cm³/mol. The molecule has 1 atom stereocenters. The zero-order valence-corrected chi connectivity index (χ0v) is 16.5. The molecule has 10 heteroatoms. The first-order valence-electron chi connectivity index (χ1n) is 8.43. The SMILES string of the molecule is CN(C)c1cccc(C(=O)N2CCOC(CN(CC(=O)O)S(C)(=O)=O)C2)c1. The van der Waals surface area contributed by atoms with E-state index in [1.54, 1.807) is 23.1 Å². The first-order chi connectivity index (χ1) is 12.6. The van der Waals surface area contributed by atoms with Gasteiger partial charge in [-0.1, -0.05) is 6.07 Å². The van der Waals surface area contributed by atoms with Crippen molar-refractivity contribution in [3.05, 3.63) is 29.8 Å². The number of hydrogen-bond acceptors (Lipinski definition) is 6. The van der Waals surface area contributed by atoms with Gasteiger partial charge >= 0.3 is 5.97 Å². The Balaban J connectivity index is 2.09. The largest absolute Gasteiger partial charge is 0.480 e. The van der Waals surface area contributed by atoms with Gasteiger partial charge in [0, 0.05) is 45.0 Å². The van der Waals surface area contributed by atoms with E-state index in [4.69, 9.17) is 9.84 Å². The lowest BCUT2D eigenvalue weighted by Crippen LogP contribution is -2.51. The number of carboxylic acid groups (broad SMARTS) is 1. The number of carbonyl (C=O) groups is 2. The van der Waals surface area contributed by atoms with Crippen molar-refractivity contribution in [1.29, 1.82) is 0 Å². The van der Waals surface area contributed by atoms with Gasteiger partial charge in [-0.2, -0.15) is 4.31 Å². The molecule has 1 saturated heterocycles. The number of carbonyl (C=O) groups excluding carboxylic acids is 1. The van der Waals surface area contributed by atoms with Crippen LogP contribution in [0, 0.1) is 0 Å². The fourth-order valence-electron chi connectivity index (χ4n) is 2.81. The van der Waals surface area contributed by atoms with Crippen molar-refractivity contribution in [3.8, 4) is 0 Å². The Morgan fingerprint density at radius 2 is 2.04 bits per heavy atom. The highest BCUT2D eigenvalue weighted by atomic mass is 32.2.